The normalized spacial score (nSPS) is 18.2. The minimum atomic E-state index is -0.432. The van der Waals surface area contributed by atoms with Crippen LogP contribution < -0.4 is 4.90 Å². The monoisotopic (exact) mass is 327 g/mol. The maximum Gasteiger partial charge on any atom is 0.406 e. The van der Waals surface area contributed by atoms with Crippen LogP contribution in [0.1, 0.15) is 24.7 Å². The third kappa shape index (κ3) is 2.40. The molecule has 0 spiro atoms. The molecule has 0 N–H and O–H groups in total. The van der Waals surface area contributed by atoms with Crippen LogP contribution in [0.5, 0.6) is 0 Å². The van der Waals surface area contributed by atoms with Crippen LogP contribution in [0.25, 0.3) is 11.1 Å². The first-order valence-electron chi connectivity index (χ1n) is 7.89. The molecule has 0 amide bonds. The third-order valence-corrected chi connectivity index (χ3v) is 4.44. The molecule has 1 atom stereocenters. The fraction of sp³-hybridized carbons (Fsp3) is 0.375. The Balaban J connectivity index is 1.64. The molecule has 0 saturated carbocycles. The van der Waals surface area contributed by atoms with E-state index in [-0.39, 0.29) is 11.7 Å². The Morgan fingerprint density at radius 1 is 1.38 bits per heavy atom. The van der Waals surface area contributed by atoms with Gasteiger partial charge in [-0.05, 0) is 34.9 Å². The van der Waals surface area contributed by atoms with E-state index in [0.29, 0.717) is 18.3 Å². The number of aromatic nitrogens is 3. The molecule has 3 aromatic rings. The van der Waals surface area contributed by atoms with E-state index in [1.54, 1.807) is 11.6 Å². The van der Waals surface area contributed by atoms with Crippen molar-refractivity contribution in [1.29, 1.82) is 0 Å². The van der Waals surface area contributed by atoms with Gasteiger partial charge in [-0.25, -0.2) is 4.98 Å². The second-order valence-corrected chi connectivity index (χ2v) is 6.06. The summed E-state index contributed by atoms with van der Waals surface area (Å²) in [5.74, 6) is 1.25. The summed E-state index contributed by atoms with van der Waals surface area (Å²) in [5.41, 5.74) is 1.62. The van der Waals surface area contributed by atoms with Gasteiger partial charge in [0.15, 0.2) is 11.5 Å². The molecule has 1 fully saturated rings. The Labute approximate surface area is 137 Å². The summed E-state index contributed by atoms with van der Waals surface area (Å²) in [7, 11) is 1.78. The van der Waals surface area contributed by atoms with Crippen molar-refractivity contribution in [2.24, 2.45) is 7.05 Å². The molecular formula is C16H17N5O3. The largest absolute Gasteiger partial charge is 0.440 e. The molecule has 3 heterocycles. The number of hydrogen-bond donors (Lipinski definition) is 0. The van der Waals surface area contributed by atoms with Gasteiger partial charge in [0.2, 0.25) is 12.1 Å². The first-order valence-corrected chi connectivity index (χ1v) is 7.89. The summed E-state index contributed by atoms with van der Waals surface area (Å²) < 4.78 is 7.59. The smallest absolute Gasteiger partial charge is 0.406 e. The van der Waals surface area contributed by atoms with E-state index < -0.39 is 4.92 Å². The third-order valence-electron chi connectivity index (χ3n) is 4.44. The van der Waals surface area contributed by atoms with Gasteiger partial charge in [-0.3, -0.25) is 4.57 Å². The number of nitro groups is 1. The summed E-state index contributed by atoms with van der Waals surface area (Å²) in [4.78, 5) is 21.3. The van der Waals surface area contributed by atoms with Crippen LogP contribution in [0.15, 0.2) is 35.0 Å². The fourth-order valence-corrected chi connectivity index (χ4v) is 3.34. The summed E-state index contributed by atoms with van der Waals surface area (Å²) in [5, 5.41) is 11.2. The molecule has 124 valence electrons. The first kappa shape index (κ1) is 14.7. The molecule has 4 rings (SSSR count). The summed E-state index contributed by atoms with van der Waals surface area (Å²) in [6.07, 6.45) is 3.36. The number of anilines is 1. The highest BCUT2D eigenvalue weighted by molar-refractivity contribution is 5.72. The van der Waals surface area contributed by atoms with Crippen LogP contribution in [-0.4, -0.2) is 32.5 Å². The maximum atomic E-state index is 11.2. The SMILES string of the molecule is Cn1cnc([N+](=O)[O-])c1N1CCC[C@H](c2nc3ccccc3o2)C1. The zero-order valence-corrected chi connectivity index (χ0v) is 13.3. The average molecular weight is 327 g/mol. The zero-order chi connectivity index (χ0) is 16.7. The molecule has 1 aliphatic heterocycles. The van der Waals surface area contributed by atoms with Crippen LogP contribution in [-0.2, 0) is 7.05 Å². The number of para-hydroxylation sites is 2. The van der Waals surface area contributed by atoms with Gasteiger partial charge in [0, 0.05) is 20.1 Å². The number of aryl methyl sites for hydroxylation is 1. The van der Waals surface area contributed by atoms with Crippen molar-refractivity contribution < 1.29 is 9.34 Å². The van der Waals surface area contributed by atoms with Gasteiger partial charge < -0.3 is 19.4 Å². The highest BCUT2D eigenvalue weighted by atomic mass is 16.6. The standard InChI is InChI=1S/C16H17N5O3/c1-19-10-17-14(21(22)23)16(19)20-8-4-5-11(9-20)15-18-12-6-2-3-7-13(12)24-15/h2-3,6-7,10-11H,4-5,8-9H2,1H3/t11-/m0/s1. The van der Waals surface area contributed by atoms with E-state index in [0.717, 1.165) is 30.5 Å². The molecule has 2 aromatic heterocycles. The molecule has 1 saturated heterocycles. The Morgan fingerprint density at radius 3 is 3.00 bits per heavy atom. The Bertz CT molecular complexity index is 867. The predicted octanol–water partition coefficient (Wildman–Crippen LogP) is 2.85. The van der Waals surface area contributed by atoms with Crippen molar-refractivity contribution >= 4 is 22.7 Å². The van der Waals surface area contributed by atoms with Gasteiger partial charge in [-0.1, -0.05) is 12.1 Å². The van der Waals surface area contributed by atoms with Crippen LogP contribution in [0.4, 0.5) is 11.6 Å². The molecular weight excluding hydrogens is 310 g/mol. The van der Waals surface area contributed by atoms with Crippen molar-refractivity contribution in [3.05, 3.63) is 46.6 Å². The molecule has 1 aromatic carbocycles. The molecule has 8 heteroatoms. The van der Waals surface area contributed by atoms with Crippen molar-refractivity contribution in [2.75, 3.05) is 18.0 Å². The Hall–Kier alpha value is -2.90. The fourth-order valence-electron chi connectivity index (χ4n) is 3.34. The minimum Gasteiger partial charge on any atom is -0.440 e. The van der Waals surface area contributed by atoms with Crippen molar-refractivity contribution in [3.8, 4) is 0 Å². The second-order valence-electron chi connectivity index (χ2n) is 6.06. The number of nitrogens with zero attached hydrogens (tertiary/aromatic N) is 5. The van der Waals surface area contributed by atoms with E-state index in [9.17, 15) is 10.1 Å². The van der Waals surface area contributed by atoms with Gasteiger partial charge in [0.05, 0.1) is 5.92 Å². The number of fused-ring (bicyclic) bond motifs is 1. The van der Waals surface area contributed by atoms with E-state index in [1.165, 1.54) is 6.33 Å². The lowest BCUT2D eigenvalue weighted by Crippen LogP contribution is -2.36. The van der Waals surface area contributed by atoms with Gasteiger partial charge in [-0.15, -0.1) is 0 Å². The summed E-state index contributed by atoms with van der Waals surface area (Å²) >= 11 is 0. The summed E-state index contributed by atoms with van der Waals surface area (Å²) in [6.45, 7) is 1.39. The van der Waals surface area contributed by atoms with E-state index in [4.69, 9.17) is 4.42 Å². The number of rotatable bonds is 3. The van der Waals surface area contributed by atoms with Gasteiger partial charge in [0.1, 0.15) is 5.52 Å². The van der Waals surface area contributed by atoms with E-state index >= 15 is 0 Å². The highest BCUT2D eigenvalue weighted by Gasteiger charge is 2.32. The molecule has 0 aliphatic carbocycles. The predicted molar refractivity (Wildman–Crippen MR) is 88.1 cm³/mol. The number of oxazole rings is 1. The zero-order valence-electron chi connectivity index (χ0n) is 13.3. The number of benzene rings is 1. The minimum absolute atomic E-state index is 0.101. The van der Waals surface area contributed by atoms with Gasteiger partial charge in [0.25, 0.3) is 0 Å². The molecule has 8 nitrogen and oxygen atoms in total. The first-order chi connectivity index (χ1) is 11.6. The average Bonchev–Trinajstić information content (AvgIpc) is 3.18. The van der Waals surface area contributed by atoms with Crippen molar-refractivity contribution in [2.45, 2.75) is 18.8 Å². The van der Waals surface area contributed by atoms with Crippen LogP contribution in [0.2, 0.25) is 0 Å². The molecule has 1 aliphatic rings. The van der Waals surface area contributed by atoms with Crippen LogP contribution in [0.3, 0.4) is 0 Å². The number of hydrogen-bond acceptors (Lipinski definition) is 6. The van der Waals surface area contributed by atoms with Gasteiger partial charge in [-0.2, -0.15) is 0 Å². The van der Waals surface area contributed by atoms with Crippen LogP contribution >= 0.6 is 0 Å². The quantitative estimate of drug-likeness (QED) is 0.543. The molecule has 0 radical (unpaired) electrons. The van der Waals surface area contributed by atoms with Crippen LogP contribution in [0, 0.1) is 10.1 Å². The lowest BCUT2D eigenvalue weighted by molar-refractivity contribution is -0.388. The molecule has 0 unspecified atom stereocenters. The lowest BCUT2D eigenvalue weighted by atomic mass is 9.98. The van der Waals surface area contributed by atoms with E-state index in [2.05, 4.69) is 9.97 Å². The van der Waals surface area contributed by atoms with E-state index in [1.807, 2.05) is 29.2 Å². The van der Waals surface area contributed by atoms with Crippen molar-refractivity contribution in [1.82, 2.24) is 14.5 Å². The van der Waals surface area contributed by atoms with Gasteiger partial charge >= 0.3 is 5.82 Å². The number of piperidine rings is 1. The van der Waals surface area contributed by atoms with Crippen molar-refractivity contribution in [3.63, 3.8) is 0 Å². The Kier molecular flexibility index (Phi) is 3.44. The second kappa shape index (κ2) is 5.63. The lowest BCUT2D eigenvalue weighted by Gasteiger charge is -2.32. The molecule has 0 bridgehead atoms. The number of imidazole rings is 1. The Morgan fingerprint density at radius 2 is 2.21 bits per heavy atom. The topological polar surface area (TPSA) is 90.2 Å². The maximum absolute atomic E-state index is 11.2. The highest BCUT2D eigenvalue weighted by Crippen LogP contribution is 2.34. The molecule has 24 heavy (non-hydrogen) atoms. The summed E-state index contributed by atoms with van der Waals surface area (Å²) in [6, 6.07) is 7.68.